The van der Waals surface area contributed by atoms with E-state index in [1.807, 2.05) is 24.3 Å². The van der Waals surface area contributed by atoms with Gasteiger partial charge in [-0.05, 0) is 12.1 Å². The summed E-state index contributed by atoms with van der Waals surface area (Å²) >= 11 is 1.39. The van der Waals surface area contributed by atoms with Crippen molar-refractivity contribution in [1.82, 2.24) is 14.5 Å². The van der Waals surface area contributed by atoms with Crippen LogP contribution in [0.1, 0.15) is 4.88 Å². The first-order valence-corrected chi connectivity index (χ1v) is 6.20. The van der Waals surface area contributed by atoms with E-state index >= 15 is 0 Å². The first-order valence-electron chi connectivity index (χ1n) is 5.39. The maximum Gasteiger partial charge on any atom is 0.269 e. The van der Waals surface area contributed by atoms with E-state index < -0.39 is 0 Å². The highest BCUT2D eigenvalue weighted by Gasteiger charge is 2.06. The Morgan fingerprint density at radius 2 is 2.06 bits per heavy atom. The molecule has 0 atom stereocenters. The fourth-order valence-electron chi connectivity index (χ4n) is 1.83. The standard InChI is InChI=1S/C12H10N4OS/c13-12-15-5-8(18-12)7-16-10-4-2-1-3-9(10)14-6-11(16)17/h1-6H,7H2,(H2,13,15). The van der Waals surface area contributed by atoms with Crippen molar-refractivity contribution in [3.8, 4) is 0 Å². The predicted molar refractivity (Wildman–Crippen MR) is 71.6 cm³/mol. The molecule has 0 unspecified atom stereocenters. The summed E-state index contributed by atoms with van der Waals surface area (Å²) in [6, 6.07) is 7.55. The molecule has 90 valence electrons. The third-order valence-electron chi connectivity index (χ3n) is 2.64. The van der Waals surface area contributed by atoms with Gasteiger partial charge in [-0.3, -0.25) is 4.79 Å². The molecule has 0 aliphatic rings. The average molecular weight is 258 g/mol. The zero-order chi connectivity index (χ0) is 12.5. The SMILES string of the molecule is Nc1ncc(Cn2c(=O)cnc3ccccc32)s1. The van der Waals surface area contributed by atoms with Crippen LogP contribution < -0.4 is 11.3 Å². The normalized spacial score (nSPS) is 10.9. The summed E-state index contributed by atoms with van der Waals surface area (Å²) < 4.78 is 1.68. The minimum Gasteiger partial charge on any atom is -0.375 e. The molecule has 5 nitrogen and oxygen atoms in total. The van der Waals surface area contributed by atoms with Crippen LogP contribution in [-0.4, -0.2) is 14.5 Å². The molecular formula is C12H10N4OS. The molecule has 6 heteroatoms. The molecule has 0 amide bonds. The van der Waals surface area contributed by atoms with Gasteiger partial charge in [0, 0.05) is 11.1 Å². The average Bonchev–Trinajstić information content (AvgIpc) is 2.79. The largest absolute Gasteiger partial charge is 0.375 e. The number of para-hydroxylation sites is 2. The molecule has 2 aromatic heterocycles. The van der Waals surface area contributed by atoms with E-state index in [1.54, 1.807) is 10.8 Å². The van der Waals surface area contributed by atoms with Crippen LogP contribution in [-0.2, 0) is 6.54 Å². The van der Waals surface area contributed by atoms with E-state index in [4.69, 9.17) is 5.73 Å². The summed E-state index contributed by atoms with van der Waals surface area (Å²) in [5, 5.41) is 0.511. The Morgan fingerprint density at radius 1 is 1.22 bits per heavy atom. The van der Waals surface area contributed by atoms with Crippen LogP contribution in [0.15, 0.2) is 41.5 Å². The van der Waals surface area contributed by atoms with E-state index in [9.17, 15) is 4.79 Å². The van der Waals surface area contributed by atoms with Crippen LogP contribution in [0.2, 0.25) is 0 Å². The minimum atomic E-state index is -0.124. The van der Waals surface area contributed by atoms with Crippen molar-refractivity contribution in [3.05, 3.63) is 51.9 Å². The lowest BCUT2D eigenvalue weighted by Crippen LogP contribution is -2.20. The number of nitrogen functional groups attached to an aromatic ring is 1. The maximum absolute atomic E-state index is 11.9. The molecule has 0 aliphatic carbocycles. The summed E-state index contributed by atoms with van der Waals surface area (Å²) in [6.07, 6.45) is 3.04. The molecular weight excluding hydrogens is 248 g/mol. The zero-order valence-corrected chi connectivity index (χ0v) is 10.2. The van der Waals surface area contributed by atoms with Crippen LogP contribution in [0.4, 0.5) is 5.13 Å². The Hall–Kier alpha value is -2.21. The van der Waals surface area contributed by atoms with Gasteiger partial charge in [0.05, 0.1) is 23.8 Å². The molecule has 3 aromatic rings. The molecule has 1 aromatic carbocycles. The Morgan fingerprint density at radius 3 is 2.83 bits per heavy atom. The Labute approximate surface area is 107 Å². The fourth-order valence-corrected chi connectivity index (χ4v) is 2.50. The van der Waals surface area contributed by atoms with Crippen LogP contribution in [0.5, 0.6) is 0 Å². The highest BCUT2D eigenvalue weighted by molar-refractivity contribution is 7.15. The highest BCUT2D eigenvalue weighted by atomic mass is 32.1. The van der Waals surface area contributed by atoms with E-state index in [0.29, 0.717) is 11.7 Å². The van der Waals surface area contributed by atoms with E-state index in [1.165, 1.54) is 17.5 Å². The van der Waals surface area contributed by atoms with Gasteiger partial charge in [0.25, 0.3) is 5.56 Å². The van der Waals surface area contributed by atoms with Crippen LogP contribution in [0.25, 0.3) is 11.0 Å². The van der Waals surface area contributed by atoms with Crippen molar-refractivity contribution in [2.45, 2.75) is 6.54 Å². The summed E-state index contributed by atoms with van der Waals surface area (Å²) in [5.74, 6) is 0. The lowest BCUT2D eigenvalue weighted by atomic mass is 10.3. The van der Waals surface area contributed by atoms with Gasteiger partial charge in [0.2, 0.25) is 0 Å². The second-order valence-corrected chi connectivity index (χ2v) is 4.98. The summed E-state index contributed by atoms with van der Waals surface area (Å²) in [5.41, 5.74) is 7.08. The number of fused-ring (bicyclic) bond motifs is 1. The van der Waals surface area contributed by atoms with Crippen molar-refractivity contribution in [2.75, 3.05) is 5.73 Å². The topological polar surface area (TPSA) is 73.8 Å². The fraction of sp³-hybridized carbons (Fsp3) is 0.0833. The summed E-state index contributed by atoms with van der Waals surface area (Å²) in [6.45, 7) is 0.469. The van der Waals surface area contributed by atoms with Crippen molar-refractivity contribution in [2.24, 2.45) is 0 Å². The molecule has 3 rings (SSSR count). The minimum absolute atomic E-state index is 0.124. The molecule has 0 radical (unpaired) electrons. The van der Waals surface area contributed by atoms with Crippen LogP contribution in [0, 0.1) is 0 Å². The van der Waals surface area contributed by atoms with Crippen LogP contribution in [0.3, 0.4) is 0 Å². The van der Waals surface area contributed by atoms with E-state index in [2.05, 4.69) is 9.97 Å². The van der Waals surface area contributed by atoms with Gasteiger partial charge in [0.1, 0.15) is 0 Å². The summed E-state index contributed by atoms with van der Waals surface area (Å²) in [4.78, 5) is 21.0. The zero-order valence-electron chi connectivity index (χ0n) is 9.41. The Balaban J connectivity index is 2.16. The quantitative estimate of drug-likeness (QED) is 0.755. The number of rotatable bonds is 2. The molecule has 18 heavy (non-hydrogen) atoms. The molecule has 0 saturated heterocycles. The number of hydrogen-bond acceptors (Lipinski definition) is 5. The van der Waals surface area contributed by atoms with Gasteiger partial charge >= 0.3 is 0 Å². The molecule has 2 heterocycles. The van der Waals surface area contributed by atoms with Gasteiger partial charge in [-0.25, -0.2) is 9.97 Å². The predicted octanol–water partition coefficient (Wildman–Crippen LogP) is 1.48. The smallest absolute Gasteiger partial charge is 0.269 e. The molecule has 0 fully saturated rings. The molecule has 0 bridgehead atoms. The second kappa shape index (κ2) is 4.23. The van der Waals surface area contributed by atoms with E-state index in [0.717, 1.165) is 15.9 Å². The molecule has 2 N–H and O–H groups in total. The number of anilines is 1. The number of aromatic nitrogens is 3. The number of thiazole rings is 1. The first kappa shape index (κ1) is 10.9. The molecule has 0 spiro atoms. The van der Waals surface area contributed by atoms with Gasteiger partial charge in [-0.1, -0.05) is 12.1 Å². The monoisotopic (exact) mass is 258 g/mol. The number of nitrogens with zero attached hydrogens (tertiary/aromatic N) is 3. The number of hydrogen-bond donors (Lipinski definition) is 1. The Bertz CT molecular complexity index is 762. The maximum atomic E-state index is 11.9. The third kappa shape index (κ3) is 1.86. The molecule has 0 aliphatic heterocycles. The first-order chi connectivity index (χ1) is 8.74. The van der Waals surface area contributed by atoms with Crippen molar-refractivity contribution in [1.29, 1.82) is 0 Å². The van der Waals surface area contributed by atoms with Gasteiger partial charge in [-0.15, -0.1) is 11.3 Å². The number of benzene rings is 1. The van der Waals surface area contributed by atoms with Gasteiger partial charge in [0.15, 0.2) is 5.13 Å². The molecule has 0 saturated carbocycles. The highest BCUT2D eigenvalue weighted by Crippen LogP contribution is 2.17. The van der Waals surface area contributed by atoms with Gasteiger partial charge in [-0.2, -0.15) is 0 Å². The van der Waals surface area contributed by atoms with Crippen LogP contribution >= 0.6 is 11.3 Å². The van der Waals surface area contributed by atoms with Crippen molar-refractivity contribution < 1.29 is 0 Å². The lowest BCUT2D eigenvalue weighted by Gasteiger charge is -2.07. The van der Waals surface area contributed by atoms with Gasteiger partial charge < -0.3 is 10.3 Å². The van der Waals surface area contributed by atoms with Crippen molar-refractivity contribution >= 4 is 27.5 Å². The lowest BCUT2D eigenvalue weighted by molar-refractivity contribution is 0.796. The van der Waals surface area contributed by atoms with Crippen molar-refractivity contribution in [3.63, 3.8) is 0 Å². The Kier molecular flexibility index (Phi) is 2.56. The second-order valence-electron chi connectivity index (χ2n) is 3.84. The van der Waals surface area contributed by atoms with E-state index in [-0.39, 0.29) is 5.56 Å². The summed E-state index contributed by atoms with van der Waals surface area (Å²) in [7, 11) is 0. The third-order valence-corrected chi connectivity index (χ3v) is 3.45. The number of nitrogens with two attached hydrogens (primary N) is 1.